The van der Waals surface area contributed by atoms with Crippen molar-refractivity contribution in [3.8, 4) is 5.75 Å². The molecule has 0 radical (unpaired) electrons. The van der Waals surface area contributed by atoms with Crippen LogP contribution in [0, 0.1) is 12.3 Å². The maximum absolute atomic E-state index is 13.2. The van der Waals surface area contributed by atoms with E-state index in [2.05, 4.69) is 10.6 Å². The highest BCUT2D eigenvalue weighted by Gasteiger charge is 2.45. The summed E-state index contributed by atoms with van der Waals surface area (Å²) in [5.74, 6) is -0.675. The summed E-state index contributed by atoms with van der Waals surface area (Å²) in [6.07, 6.45) is -2.66. The molecule has 1 aliphatic rings. The minimum absolute atomic E-state index is 0.0641. The molecule has 2 aromatic carbocycles. The van der Waals surface area contributed by atoms with Gasteiger partial charge in [0.1, 0.15) is 41.8 Å². The second kappa shape index (κ2) is 15.1. The molecule has 0 aromatic heterocycles. The molecule has 0 aliphatic carbocycles. The molecule has 0 spiro atoms. The lowest BCUT2D eigenvalue weighted by molar-refractivity contribution is -0.232. The number of hydrogen-bond acceptors (Lipinski definition) is 9. The number of carbonyl (C=O) groups excluding carboxylic acids is 2. The Morgan fingerprint density at radius 3 is 2.17 bits per heavy atom. The number of aryl methyl sites for hydroxylation is 1. The summed E-state index contributed by atoms with van der Waals surface area (Å²) in [5.41, 5.74) is 8.28. The Balaban J connectivity index is 1.82. The largest absolute Gasteiger partial charge is 0.508 e. The zero-order valence-electron chi connectivity index (χ0n) is 29.7. The fourth-order valence-corrected chi connectivity index (χ4v) is 5.58. The van der Waals surface area contributed by atoms with Crippen LogP contribution in [0.25, 0.3) is 6.08 Å². The molecule has 5 atom stereocenters. The number of aliphatic hydroxyl groups excluding tert-OH is 4. The van der Waals surface area contributed by atoms with Gasteiger partial charge < -0.3 is 46.6 Å². The summed E-state index contributed by atoms with van der Waals surface area (Å²) in [6, 6.07) is 9.36. The van der Waals surface area contributed by atoms with Gasteiger partial charge in [-0.2, -0.15) is 0 Å². The number of nitrogens with two attached hydrogens (primary N) is 1. The average molecular weight is 670 g/mol. The molecule has 0 bridgehead atoms. The highest BCUT2D eigenvalue weighted by molar-refractivity contribution is 5.93. The van der Waals surface area contributed by atoms with Crippen molar-refractivity contribution in [3.63, 3.8) is 0 Å². The molecule has 11 nitrogen and oxygen atoms in total. The minimum Gasteiger partial charge on any atom is -0.508 e. The van der Waals surface area contributed by atoms with Crippen molar-refractivity contribution in [2.45, 2.75) is 116 Å². The van der Waals surface area contributed by atoms with Gasteiger partial charge in [0, 0.05) is 17.6 Å². The van der Waals surface area contributed by atoms with Gasteiger partial charge in [-0.25, -0.2) is 0 Å². The molecular formula is C37H55N3O8. The summed E-state index contributed by atoms with van der Waals surface area (Å²) in [7, 11) is 0. The van der Waals surface area contributed by atoms with E-state index in [1.807, 2.05) is 45.0 Å². The first-order valence-electron chi connectivity index (χ1n) is 16.4. The third kappa shape index (κ3) is 9.43. The van der Waals surface area contributed by atoms with Crippen LogP contribution in [0.3, 0.4) is 0 Å². The average Bonchev–Trinajstić information content (AvgIpc) is 2.99. The second-order valence-electron chi connectivity index (χ2n) is 15.2. The SMILES string of the molecule is Cc1cc(/C=C/C(C)(C)C(=O)NC(C)(C)C(=O)NCC(C)(C)N)ccc1Cc1cc([C@@H]2O[C@H](CO)[C@@H](O)[C@H](O)[C@H]2O)c(O)cc1C(C)C. The number of rotatable bonds is 12. The van der Waals surface area contributed by atoms with Gasteiger partial charge in [0.15, 0.2) is 0 Å². The number of hydrogen-bond donors (Lipinski definition) is 8. The molecule has 9 N–H and O–H groups in total. The lowest BCUT2D eigenvalue weighted by Crippen LogP contribution is -2.59. The number of phenolic OH excluding ortho intramolecular Hbond substituents is 1. The quantitative estimate of drug-likeness (QED) is 0.168. The van der Waals surface area contributed by atoms with E-state index >= 15 is 0 Å². The van der Waals surface area contributed by atoms with Gasteiger partial charge in [-0.3, -0.25) is 9.59 Å². The van der Waals surface area contributed by atoms with Gasteiger partial charge >= 0.3 is 0 Å². The minimum atomic E-state index is -1.56. The molecule has 3 rings (SSSR count). The topological polar surface area (TPSA) is 195 Å². The van der Waals surface area contributed by atoms with E-state index in [0.29, 0.717) is 6.42 Å². The zero-order chi connectivity index (χ0) is 36.4. The van der Waals surface area contributed by atoms with Crippen molar-refractivity contribution in [1.82, 2.24) is 10.6 Å². The molecule has 2 amide bonds. The van der Waals surface area contributed by atoms with Crippen LogP contribution >= 0.6 is 0 Å². The van der Waals surface area contributed by atoms with Gasteiger partial charge in [0.05, 0.1) is 12.0 Å². The first kappa shape index (κ1) is 39.1. The Morgan fingerprint density at radius 2 is 1.60 bits per heavy atom. The van der Waals surface area contributed by atoms with Gasteiger partial charge in [0.2, 0.25) is 11.8 Å². The number of benzene rings is 2. The molecule has 1 heterocycles. The van der Waals surface area contributed by atoms with Crippen molar-refractivity contribution in [2.75, 3.05) is 13.2 Å². The molecule has 0 saturated carbocycles. The maximum Gasteiger partial charge on any atom is 0.245 e. The van der Waals surface area contributed by atoms with Crippen LogP contribution in [0.5, 0.6) is 5.75 Å². The van der Waals surface area contributed by atoms with Crippen LogP contribution in [0.4, 0.5) is 0 Å². The zero-order valence-corrected chi connectivity index (χ0v) is 29.7. The van der Waals surface area contributed by atoms with Crippen LogP contribution in [-0.2, 0) is 20.7 Å². The summed E-state index contributed by atoms with van der Waals surface area (Å²) in [5, 5.41) is 57.5. The number of ether oxygens (including phenoxy) is 1. The predicted molar refractivity (Wildman–Crippen MR) is 185 cm³/mol. The molecule has 2 aromatic rings. The van der Waals surface area contributed by atoms with Gasteiger partial charge in [-0.1, -0.05) is 44.2 Å². The highest BCUT2D eigenvalue weighted by atomic mass is 16.5. The van der Waals surface area contributed by atoms with Crippen LogP contribution in [-0.4, -0.2) is 86.0 Å². The number of phenols is 1. The third-order valence-corrected chi connectivity index (χ3v) is 8.83. The van der Waals surface area contributed by atoms with Crippen LogP contribution in [0.15, 0.2) is 36.4 Å². The first-order valence-corrected chi connectivity index (χ1v) is 16.4. The van der Waals surface area contributed by atoms with Gasteiger partial charge in [-0.05, 0) is 101 Å². The fraction of sp³-hybridized carbons (Fsp3) is 0.568. The number of aliphatic hydroxyl groups is 4. The monoisotopic (exact) mass is 669 g/mol. The van der Waals surface area contributed by atoms with Crippen molar-refractivity contribution in [3.05, 3.63) is 69.8 Å². The molecule has 1 aliphatic heterocycles. The molecule has 0 unspecified atom stereocenters. The Hall–Kier alpha value is -3.32. The molecule has 266 valence electrons. The third-order valence-electron chi connectivity index (χ3n) is 8.83. The van der Waals surface area contributed by atoms with Gasteiger partial charge in [0.25, 0.3) is 0 Å². The van der Waals surface area contributed by atoms with E-state index in [9.17, 15) is 35.1 Å². The smallest absolute Gasteiger partial charge is 0.245 e. The van der Waals surface area contributed by atoms with E-state index in [0.717, 1.165) is 27.8 Å². The number of carbonyl (C=O) groups is 2. The lowest BCUT2D eigenvalue weighted by atomic mass is 9.85. The summed E-state index contributed by atoms with van der Waals surface area (Å²) >= 11 is 0. The molecule has 11 heteroatoms. The lowest BCUT2D eigenvalue weighted by Gasteiger charge is -2.40. The summed E-state index contributed by atoms with van der Waals surface area (Å²) < 4.78 is 5.74. The second-order valence-corrected chi connectivity index (χ2v) is 15.2. The number of amides is 2. The van der Waals surface area contributed by atoms with E-state index in [1.165, 1.54) is 0 Å². The molecule has 1 saturated heterocycles. The molecular weight excluding hydrogens is 614 g/mol. The van der Waals surface area contributed by atoms with E-state index in [1.54, 1.807) is 59.8 Å². The normalized spacial score (nSPS) is 22.3. The number of nitrogens with one attached hydrogen (secondary N) is 2. The molecule has 1 fully saturated rings. The van der Waals surface area contributed by atoms with Crippen molar-refractivity contribution >= 4 is 17.9 Å². The van der Waals surface area contributed by atoms with Crippen LogP contribution in [0.1, 0.15) is 101 Å². The van der Waals surface area contributed by atoms with Crippen molar-refractivity contribution in [1.29, 1.82) is 0 Å². The maximum atomic E-state index is 13.2. The summed E-state index contributed by atoms with van der Waals surface area (Å²) in [6.45, 7) is 16.2. The summed E-state index contributed by atoms with van der Waals surface area (Å²) in [4.78, 5) is 26.0. The highest BCUT2D eigenvalue weighted by Crippen LogP contribution is 2.40. The first-order chi connectivity index (χ1) is 22.1. The van der Waals surface area contributed by atoms with Crippen LogP contribution < -0.4 is 16.4 Å². The van der Waals surface area contributed by atoms with Gasteiger partial charge in [-0.15, -0.1) is 0 Å². The van der Waals surface area contributed by atoms with Crippen molar-refractivity contribution in [2.24, 2.45) is 11.1 Å². The van der Waals surface area contributed by atoms with E-state index in [-0.39, 0.29) is 35.6 Å². The number of aromatic hydroxyl groups is 1. The Labute approximate surface area is 284 Å². The van der Waals surface area contributed by atoms with Crippen molar-refractivity contribution < 1.29 is 39.9 Å². The Bertz CT molecular complexity index is 1490. The standard InChI is InChI=1S/C37H55N3O8/c1-20(2)25-17-27(42)26(32-31(45)30(44)29(43)28(18-41)48-32)16-24(25)15-23-11-10-22(14-21(23)3)12-13-35(4,5)33(46)40-37(8,9)34(47)39-19-36(6,7)38/h10-14,16-17,20,28-32,41-45H,15,18-19,38H2,1-9H3,(H,39,47)(H,40,46)/b13-12+/t28-,29-,30+,31-,32+/m1/s1. The Kier molecular flexibility index (Phi) is 12.3. The van der Waals surface area contributed by atoms with E-state index in [4.69, 9.17) is 10.5 Å². The predicted octanol–water partition coefficient (Wildman–Crippen LogP) is 2.72. The van der Waals surface area contributed by atoms with E-state index < -0.39 is 53.6 Å². The molecule has 48 heavy (non-hydrogen) atoms. The fourth-order valence-electron chi connectivity index (χ4n) is 5.58. The van der Waals surface area contributed by atoms with Crippen LogP contribution in [0.2, 0.25) is 0 Å². The Morgan fingerprint density at radius 1 is 0.958 bits per heavy atom.